The minimum absolute atomic E-state index is 0.408. The van der Waals surface area contributed by atoms with Gasteiger partial charge < -0.3 is 37.7 Å². The zero-order chi connectivity index (χ0) is 32.8. The second kappa shape index (κ2) is 12.2. The topological polar surface area (TPSA) is 73.8 Å². The van der Waals surface area contributed by atoms with Crippen LogP contribution in [-0.4, -0.2) is 50.9 Å². The van der Waals surface area contributed by atoms with E-state index in [1.165, 1.54) is 0 Å². The summed E-state index contributed by atoms with van der Waals surface area (Å²) in [6.07, 6.45) is -0.339. The quantitative estimate of drug-likeness (QED) is 0.226. The molecule has 1 unspecified atom stereocenters. The van der Waals surface area contributed by atoms with E-state index in [0.29, 0.717) is 29.4 Å². The lowest BCUT2D eigenvalue weighted by Crippen LogP contribution is -2.41. The van der Waals surface area contributed by atoms with Gasteiger partial charge in [0.2, 0.25) is 0 Å². The molecule has 3 aromatic carbocycles. The maximum atomic E-state index is 6.72. The molecule has 242 valence electrons. The van der Waals surface area contributed by atoms with E-state index in [-0.39, 0.29) is 0 Å². The maximum absolute atomic E-state index is 6.72. The summed E-state index contributed by atoms with van der Waals surface area (Å²) in [5.74, 6) is 2.54. The number of hydrogen-bond donors (Lipinski definition) is 0. The molecular formula is C36H47BO8. The van der Waals surface area contributed by atoms with Crippen molar-refractivity contribution in [2.24, 2.45) is 0 Å². The van der Waals surface area contributed by atoms with Crippen LogP contribution in [0, 0.1) is 0 Å². The van der Waals surface area contributed by atoms with Crippen molar-refractivity contribution in [3.05, 3.63) is 77.4 Å². The Morgan fingerprint density at radius 2 is 1.16 bits per heavy atom. The van der Waals surface area contributed by atoms with Gasteiger partial charge in [-0.25, -0.2) is 0 Å². The van der Waals surface area contributed by atoms with E-state index in [2.05, 4.69) is 52.0 Å². The fraction of sp³-hybridized carbons (Fsp3) is 0.500. The molecule has 0 radical (unpaired) electrons. The van der Waals surface area contributed by atoms with Gasteiger partial charge in [-0.05, 0) is 78.5 Å². The molecule has 0 amide bonds. The van der Waals surface area contributed by atoms with Gasteiger partial charge in [0.25, 0.3) is 0 Å². The van der Waals surface area contributed by atoms with Crippen LogP contribution in [-0.2, 0) is 25.2 Å². The minimum Gasteiger partial charge on any atom is -0.496 e. The third-order valence-electron chi connectivity index (χ3n) is 9.69. The van der Waals surface area contributed by atoms with Gasteiger partial charge in [0.1, 0.15) is 29.1 Å². The summed E-state index contributed by atoms with van der Waals surface area (Å²) in [4.78, 5) is 0. The lowest BCUT2D eigenvalue weighted by atomic mass is 9.79. The Morgan fingerprint density at radius 3 is 1.62 bits per heavy atom. The molecule has 0 aromatic heterocycles. The predicted octanol–water partition coefficient (Wildman–Crippen LogP) is 6.98. The summed E-state index contributed by atoms with van der Waals surface area (Å²) in [5.41, 5.74) is 2.08. The zero-order valence-corrected chi connectivity index (χ0v) is 28.5. The molecule has 0 N–H and O–H groups in total. The summed E-state index contributed by atoms with van der Waals surface area (Å²) in [6, 6.07) is 19.8. The molecule has 0 aliphatic carbocycles. The highest BCUT2D eigenvalue weighted by molar-refractivity contribution is 6.62. The summed E-state index contributed by atoms with van der Waals surface area (Å²) in [5, 5.41) is 0. The Bertz CT molecular complexity index is 1340. The number of rotatable bonds is 10. The second-order valence-corrected chi connectivity index (χ2v) is 13.7. The van der Waals surface area contributed by atoms with Crippen LogP contribution in [0.5, 0.6) is 23.0 Å². The first-order valence-electron chi connectivity index (χ1n) is 15.5. The fourth-order valence-electron chi connectivity index (χ4n) is 5.40. The van der Waals surface area contributed by atoms with Crippen LogP contribution in [0.1, 0.15) is 84.5 Å². The van der Waals surface area contributed by atoms with Gasteiger partial charge in [0.15, 0.2) is 6.29 Å². The minimum atomic E-state index is -0.455. The number of methoxy groups -OCH3 is 3. The van der Waals surface area contributed by atoms with Gasteiger partial charge >= 0.3 is 7.12 Å². The molecule has 0 bridgehead atoms. The van der Waals surface area contributed by atoms with Crippen molar-refractivity contribution in [1.82, 2.24) is 0 Å². The van der Waals surface area contributed by atoms with E-state index < -0.39 is 41.9 Å². The highest BCUT2D eigenvalue weighted by atomic mass is 16.7. The van der Waals surface area contributed by atoms with Crippen LogP contribution in [0.25, 0.3) is 0 Å². The monoisotopic (exact) mass is 618 g/mol. The van der Waals surface area contributed by atoms with Gasteiger partial charge in [-0.2, -0.15) is 0 Å². The van der Waals surface area contributed by atoms with Crippen molar-refractivity contribution in [3.8, 4) is 23.0 Å². The van der Waals surface area contributed by atoms with E-state index in [9.17, 15) is 0 Å². The Morgan fingerprint density at radius 1 is 0.644 bits per heavy atom. The predicted molar refractivity (Wildman–Crippen MR) is 175 cm³/mol. The van der Waals surface area contributed by atoms with Gasteiger partial charge in [-0.15, -0.1) is 0 Å². The molecule has 5 rings (SSSR count). The van der Waals surface area contributed by atoms with Gasteiger partial charge in [-0.1, -0.05) is 36.4 Å². The van der Waals surface area contributed by atoms with Crippen molar-refractivity contribution in [2.75, 3.05) is 21.3 Å². The zero-order valence-electron chi connectivity index (χ0n) is 28.5. The van der Waals surface area contributed by atoms with Crippen molar-refractivity contribution in [3.63, 3.8) is 0 Å². The normalized spacial score (nSPS) is 20.6. The number of hydrogen-bond acceptors (Lipinski definition) is 8. The van der Waals surface area contributed by atoms with Gasteiger partial charge in [0, 0.05) is 24.1 Å². The molecule has 0 saturated carbocycles. The summed E-state index contributed by atoms with van der Waals surface area (Å²) in [7, 11) is 4.43. The van der Waals surface area contributed by atoms with Crippen molar-refractivity contribution >= 4 is 12.6 Å². The molecule has 3 aromatic rings. The standard InChI is InChI=1S/C36H47BO8/c1-33(2)34(3,4)43-32(42-33)24-14-12-23(13-15-24)20-30(31-28(39-10)21-27(38-9)22-29(31)40-11)41-26-18-16-25(17-19-26)37-44-35(5,6)36(7,8)45-37/h12-19,21-22,30,32H,20H2,1-11H3. The third kappa shape index (κ3) is 6.54. The molecule has 0 spiro atoms. The van der Waals surface area contributed by atoms with Crippen molar-refractivity contribution < 1.29 is 37.7 Å². The van der Waals surface area contributed by atoms with Crippen molar-refractivity contribution in [2.45, 2.75) is 96.6 Å². The molecule has 2 saturated heterocycles. The number of benzene rings is 3. The first kappa shape index (κ1) is 33.1. The molecule has 8 nitrogen and oxygen atoms in total. The van der Waals surface area contributed by atoms with E-state index in [4.69, 9.17) is 37.7 Å². The summed E-state index contributed by atoms with van der Waals surface area (Å²) < 4.78 is 48.9. The van der Waals surface area contributed by atoms with Crippen LogP contribution in [0.3, 0.4) is 0 Å². The average Bonchev–Trinajstić information content (AvgIpc) is 3.35. The van der Waals surface area contributed by atoms with Crippen LogP contribution in [0.2, 0.25) is 0 Å². The van der Waals surface area contributed by atoms with E-state index in [1.807, 2.05) is 64.1 Å². The Kier molecular flexibility index (Phi) is 8.96. The molecule has 2 aliphatic rings. The first-order chi connectivity index (χ1) is 21.1. The largest absolute Gasteiger partial charge is 0.496 e. The second-order valence-electron chi connectivity index (χ2n) is 13.7. The van der Waals surface area contributed by atoms with Crippen LogP contribution in [0.15, 0.2) is 60.7 Å². The van der Waals surface area contributed by atoms with Crippen molar-refractivity contribution in [1.29, 1.82) is 0 Å². The lowest BCUT2D eigenvalue weighted by molar-refractivity contribution is -0.0895. The molecular weight excluding hydrogens is 571 g/mol. The van der Waals surface area contributed by atoms with E-state index in [1.54, 1.807) is 21.3 Å². The Balaban J connectivity index is 1.43. The Labute approximate surface area is 268 Å². The highest BCUT2D eigenvalue weighted by Crippen LogP contribution is 2.45. The summed E-state index contributed by atoms with van der Waals surface area (Å²) >= 11 is 0. The molecule has 9 heteroatoms. The smallest absolute Gasteiger partial charge is 0.494 e. The fourth-order valence-corrected chi connectivity index (χ4v) is 5.40. The first-order valence-corrected chi connectivity index (χ1v) is 15.5. The van der Waals surface area contributed by atoms with E-state index in [0.717, 1.165) is 22.2 Å². The summed E-state index contributed by atoms with van der Waals surface area (Å²) in [6.45, 7) is 16.4. The Hall–Kier alpha value is -3.24. The molecule has 45 heavy (non-hydrogen) atoms. The maximum Gasteiger partial charge on any atom is 0.494 e. The molecule has 2 aliphatic heterocycles. The lowest BCUT2D eigenvalue weighted by Gasteiger charge is -2.32. The average molecular weight is 619 g/mol. The molecule has 2 fully saturated rings. The van der Waals surface area contributed by atoms with E-state index >= 15 is 0 Å². The third-order valence-corrected chi connectivity index (χ3v) is 9.69. The van der Waals surface area contributed by atoms with Crippen LogP contribution < -0.4 is 24.4 Å². The van der Waals surface area contributed by atoms with Gasteiger partial charge in [-0.3, -0.25) is 0 Å². The SMILES string of the molecule is COc1cc(OC)c(C(Cc2ccc(C3OC(C)(C)C(C)(C)O3)cc2)Oc2ccc(B3OC(C)(C)C(C)(C)O3)cc2)c(OC)c1. The molecule has 2 heterocycles. The highest BCUT2D eigenvalue weighted by Gasteiger charge is 2.52. The van der Waals surface area contributed by atoms with Crippen LogP contribution in [0.4, 0.5) is 0 Å². The van der Waals surface area contributed by atoms with Gasteiger partial charge in [0.05, 0.1) is 49.3 Å². The molecule has 1 atom stereocenters. The van der Waals surface area contributed by atoms with Crippen LogP contribution >= 0.6 is 0 Å². The number of ether oxygens (including phenoxy) is 6.